The number of nitrogens with one attached hydrogen (secondary N) is 3. The molecule has 3 amide bonds. The fraction of sp³-hybridized carbons (Fsp3) is 0.737. The van der Waals surface area contributed by atoms with Gasteiger partial charge in [-0.25, -0.2) is 4.79 Å². The van der Waals surface area contributed by atoms with Gasteiger partial charge in [0.2, 0.25) is 0 Å². The Morgan fingerprint density at radius 3 is 2.73 bits per heavy atom. The number of hydrogen-bond donors (Lipinski definition) is 3. The van der Waals surface area contributed by atoms with Crippen LogP contribution in [0.5, 0.6) is 0 Å². The smallest absolute Gasteiger partial charge is 0.322 e. The molecule has 7 heteroatoms. The van der Waals surface area contributed by atoms with Crippen molar-refractivity contribution in [2.45, 2.75) is 57.9 Å². The predicted octanol–water partition coefficient (Wildman–Crippen LogP) is 1.76. The van der Waals surface area contributed by atoms with E-state index in [1.807, 2.05) is 6.92 Å². The van der Waals surface area contributed by atoms with E-state index < -0.39 is 5.54 Å². The first-order valence-corrected chi connectivity index (χ1v) is 9.87. The van der Waals surface area contributed by atoms with Crippen molar-refractivity contribution in [3.8, 4) is 0 Å². The lowest BCUT2D eigenvalue weighted by Gasteiger charge is -2.39. The minimum Gasteiger partial charge on any atom is -0.357 e. The number of hydrogen-bond acceptors (Lipinski definition) is 3. The molecule has 3 N–H and O–H groups in total. The normalized spacial score (nSPS) is 27.4. The standard InChI is InChI=1S/C19H31N5O2/c1-3-20-17(21-11-8-14-6-4-5-7-14)24-12-9-15(10-13-24)19(2)16(25)22-18(26)23-19/h6,15H,3-5,7-13H2,1-2H3,(H,20,21)(H2,22,23,25,26). The maximum atomic E-state index is 12.1. The molecule has 3 aliphatic rings. The summed E-state index contributed by atoms with van der Waals surface area (Å²) in [6.45, 7) is 7.28. The van der Waals surface area contributed by atoms with Crippen LogP contribution in [-0.4, -0.2) is 54.5 Å². The molecule has 2 fully saturated rings. The molecule has 1 atom stereocenters. The molecule has 7 nitrogen and oxygen atoms in total. The third kappa shape index (κ3) is 4.02. The average Bonchev–Trinajstić information content (AvgIpc) is 3.23. The van der Waals surface area contributed by atoms with Crippen molar-refractivity contribution in [2.24, 2.45) is 10.9 Å². The number of rotatable bonds is 5. The summed E-state index contributed by atoms with van der Waals surface area (Å²) in [6, 6.07) is -0.379. The summed E-state index contributed by atoms with van der Waals surface area (Å²) in [5.41, 5.74) is 0.757. The van der Waals surface area contributed by atoms with Gasteiger partial charge in [0, 0.05) is 26.2 Å². The minimum absolute atomic E-state index is 0.150. The molecule has 2 saturated heterocycles. The number of nitrogens with zero attached hydrogens (tertiary/aromatic N) is 2. The van der Waals surface area contributed by atoms with Crippen LogP contribution in [0.4, 0.5) is 4.79 Å². The van der Waals surface area contributed by atoms with Crippen LogP contribution < -0.4 is 16.0 Å². The van der Waals surface area contributed by atoms with E-state index in [0.29, 0.717) is 0 Å². The highest BCUT2D eigenvalue weighted by atomic mass is 16.2. The van der Waals surface area contributed by atoms with Gasteiger partial charge in [-0.2, -0.15) is 0 Å². The molecule has 0 bridgehead atoms. The molecule has 0 aromatic rings. The summed E-state index contributed by atoms with van der Waals surface area (Å²) >= 11 is 0. The molecule has 2 heterocycles. The summed E-state index contributed by atoms with van der Waals surface area (Å²) in [4.78, 5) is 30.7. The molecular weight excluding hydrogens is 330 g/mol. The molecule has 3 rings (SSSR count). The van der Waals surface area contributed by atoms with Gasteiger partial charge in [0.15, 0.2) is 5.96 Å². The minimum atomic E-state index is -0.784. The molecule has 0 aromatic carbocycles. The molecule has 0 aromatic heterocycles. The number of carbonyl (C=O) groups excluding carboxylic acids is 2. The van der Waals surface area contributed by atoms with Crippen LogP contribution in [0.15, 0.2) is 16.6 Å². The van der Waals surface area contributed by atoms with Crippen LogP contribution >= 0.6 is 0 Å². The molecule has 0 radical (unpaired) electrons. The zero-order valence-corrected chi connectivity index (χ0v) is 15.9. The second kappa shape index (κ2) is 8.10. The van der Waals surface area contributed by atoms with Gasteiger partial charge in [0.05, 0.1) is 0 Å². The maximum Gasteiger partial charge on any atom is 0.322 e. The predicted molar refractivity (Wildman–Crippen MR) is 102 cm³/mol. The largest absolute Gasteiger partial charge is 0.357 e. The number of amides is 3. The van der Waals surface area contributed by atoms with Gasteiger partial charge in [0.25, 0.3) is 5.91 Å². The van der Waals surface area contributed by atoms with Crippen molar-refractivity contribution < 1.29 is 9.59 Å². The Hall–Kier alpha value is -2.05. The van der Waals surface area contributed by atoms with Crippen LogP contribution in [0.2, 0.25) is 0 Å². The lowest BCUT2D eigenvalue weighted by Crippen LogP contribution is -2.55. The molecule has 144 valence electrons. The Morgan fingerprint density at radius 1 is 1.38 bits per heavy atom. The molecule has 1 unspecified atom stereocenters. The lowest BCUT2D eigenvalue weighted by atomic mass is 9.79. The first-order chi connectivity index (χ1) is 12.5. The average molecular weight is 361 g/mol. The van der Waals surface area contributed by atoms with Gasteiger partial charge in [-0.3, -0.25) is 15.1 Å². The molecule has 2 aliphatic heterocycles. The van der Waals surface area contributed by atoms with Crippen LogP contribution in [0.25, 0.3) is 0 Å². The van der Waals surface area contributed by atoms with Gasteiger partial charge in [-0.05, 0) is 58.3 Å². The first-order valence-electron chi connectivity index (χ1n) is 9.87. The first kappa shape index (κ1) is 18.7. The highest BCUT2D eigenvalue weighted by Crippen LogP contribution is 2.30. The number of likely N-dealkylation sites (tertiary alicyclic amines) is 1. The number of aliphatic imine (C=N–C) groups is 1. The summed E-state index contributed by atoms with van der Waals surface area (Å²) in [5, 5.41) is 8.58. The van der Waals surface area contributed by atoms with Crippen LogP contribution in [0.3, 0.4) is 0 Å². The molecule has 0 spiro atoms. The van der Waals surface area contributed by atoms with E-state index in [2.05, 4.69) is 33.9 Å². The van der Waals surface area contributed by atoms with Crippen LogP contribution in [0, 0.1) is 5.92 Å². The van der Waals surface area contributed by atoms with Crippen molar-refractivity contribution in [3.05, 3.63) is 11.6 Å². The Balaban J connectivity index is 1.55. The van der Waals surface area contributed by atoms with E-state index in [0.717, 1.165) is 51.4 Å². The summed E-state index contributed by atoms with van der Waals surface area (Å²) in [7, 11) is 0. The monoisotopic (exact) mass is 361 g/mol. The number of guanidine groups is 1. The molecule has 0 saturated carbocycles. The van der Waals surface area contributed by atoms with Crippen molar-refractivity contribution in [1.82, 2.24) is 20.9 Å². The number of carbonyl (C=O) groups is 2. The van der Waals surface area contributed by atoms with Gasteiger partial charge in [-0.1, -0.05) is 11.6 Å². The van der Waals surface area contributed by atoms with Gasteiger partial charge >= 0.3 is 6.03 Å². The van der Waals surface area contributed by atoms with E-state index >= 15 is 0 Å². The van der Waals surface area contributed by atoms with E-state index in [1.165, 1.54) is 19.3 Å². The topological polar surface area (TPSA) is 85.8 Å². The number of imide groups is 1. The van der Waals surface area contributed by atoms with Crippen molar-refractivity contribution >= 4 is 17.9 Å². The van der Waals surface area contributed by atoms with Gasteiger partial charge in [0.1, 0.15) is 5.54 Å². The Morgan fingerprint density at radius 2 is 2.15 bits per heavy atom. The second-order valence-electron chi connectivity index (χ2n) is 7.61. The molecule has 1 aliphatic carbocycles. The van der Waals surface area contributed by atoms with Gasteiger partial charge < -0.3 is 15.5 Å². The van der Waals surface area contributed by atoms with E-state index in [9.17, 15) is 9.59 Å². The highest BCUT2D eigenvalue weighted by Gasteiger charge is 2.48. The fourth-order valence-corrected chi connectivity index (χ4v) is 4.21. The fourth-order valence-electron chi connectivity index (χ4n) is 4.21. The quantitative estimate of drug-likeness (QED) is 0.301. The SMILES string of the molecule is CCNC(=NCCC1=CCCC1)N1CCC(C2(C)NC(=O)NC2=O)CC1. The summed E-state index contributed by atoms with van der Waals surface area (Å²) < 4.78 is 0. The van der Waals surface area contributed by atoms with E-state index in [1.54, 1.807) is 5.57 Å². The Bertz CT molecular complexity index is 607. The maximum absolute atomic E-state index is 12.1. The lowest BCUT2D eigenvalue weighted by molar-refractivity contribution is -0.125. The zero-order chi connectivity index (χ0) is 18.6. The van der Waals surface area contributed by atoms with Crippen LogP contribution in [-0.2, 0) is 4.79 Å². The number of piperidine rings is 1. The molecule has 26 heavy (non-hydrogen) atoms. The summed E-state index contributed by atoms with van der Waals surface area (Å²) in [6.07, 6.45) is 8.86. The van der Waals surface area contributed by atoms with Crippen molar-refractivity contribution in [3.63, 3.8) is 0 Å². The number of allylic oxidation sites excluding steroid dienone is 1. The number of urea groups is 1. The van der Waals surface area contributed by atoms with Crippen molar-refractivity contribution in [1.29, 1.82) is 0 Å². The Kier molecular flexibility index (Phi) is 5.84. The summed E-state index contributed by atoms with van der Waals surface area (Å²) in [5.74, 6) is 0.915. The van der Waals surface area contributed by atoms with Crippen molar-refractivity contribution in [2.75, 3.05) is 26.2 Å². The van der Waals surface area contributed by atoms with Crippen LogP contribution in [0.1, 0.15) is 52.4 Å². The highest BCUT2D eigenvalue weighted by molar-refractivity contribution is 6.07. The van der Waals surface area contributed by atoms with E-state index in [-0.39, 0.29) is 17.9 Å². The third-order valence-corrected chi connectivity index (χ3v) is 5.85. The van der Waals surface area contributed by atoms with Gasteiger partial charge in [-0.15, -0.1) is 0 Å². The Labute approximate surface area is 155 Å². The molecular formula is C19H31N5O2. The zero-order valence-electron chi connectivity index (χ0n) is 15.9. The van der Waals surface area contributed by atoms with E-state index in [4.69, 9.17) is 4.99 Å². The second-order valence-corrected chi connectivity index (χ2v) is 7.61. The third-order valence-electron chi connectivity index (χ3n) is 5.85.